The molecule has 1 unspecified atom stereocenters. The first kappa shape index (κ1) is 12.5. The highest BCUT2D eigenvalue weighted by atomic mass is 16.3. The van der Waals surface area contributed by atoms with Crippen LogP contribution in [0.2, 0.25) is 0 Å². The van der Waals surface area contributed by atoms with Crippen LogP contribution in [0.15, 0.2) is 23.8 Å². The van der Waals surface area contributed by atoms with E-state index in [0.717, 1.165) is 38.5 Å². The lowest BCUT2D eigenvalue weighted by atomic mass is 9.62. The van der Waals surface area contributed by atoms with Gasteiger partial charge in [-0.1, -0.05) is 18.6 Å². The van der Waals surface area contributed by atoms with Gasteiger partial charge in [0.15, 0.2) is 0 Å². The monoisotopic (exact) mass is 270 g/mol. The Bertz CT molecular complexity index is 601. The Balaban J connectivity index is 1.83. The number of aryl methyl sites for hydroxylation is 1. The summed E-state index contributed by atoms with van der Waals surface area (Å²) in [6, 6.07) is 5.83. The minimum absolute atomic E-state index is 0.104. The Morgan fingerprint density at radius 3 is 2.85 bits per heavy atom. The van der Waals surface area contributed by atoms with Crippen molar-refractivity contribution in [3.63, 3.8) is 0 Å². The molecule has 1 aromatic rings. The van der Waals surface area contributed by atoms with Gasteiger partial charge in [-0.2, -0.15) is 0 Å². The molecule has 0 radical (unpaired) electrons. The Morgan fingerprint density at radius 2 is 2.00 bits per heavy atom. The molecule has 0 saturated heterocycles. The lowest BCUT2D eigenvalue weighted by Gasteiger charge is -2.43. The van der Waals surface area contributed by atoms with E-state index in [2.05, 4.69) is 13.0 Å². The quantitative estimate of drug-likeness (QED) is 0.755. The lowest BCUT2D eigenvalue weighted by molar-refractivity contribution is 0.0379. The van der Waals surface area contributed by atoms with Gasteiger partial charge in [-0.15, -0.1) is 0 Å². The van der Waals surface area contributed by atoms with Crippen LogP contribution in [0.25, 0.3) is 5.57 Å². The Labute approximate surface area is 120 Å². The summed E-state index contributed by atoms with van der Waals surface area (Å²) in [5.74, 6) is 0.952. The molecule has 0 heterocycles. The third kappa shape index (κ3) is 1.54. The van der Waals surface area contributed by atoms with Crippen LogP contribution >= 0.6 is 0 Å². The topological polar surface area (TPSA) is 40.5 Å². The zero-order chi connectivity index (χ0) is 13.9. The van der Waals surface area contributed by atoms with Gasteiger partial charge < -0.3 is 10.2 Å². The first-order valence-corrected chi connectivity index (χ1v) is 7.82. The molecule has 0 bridgehead atoms. The van der Waals surface area contributed by atoms with Crippen LogP contribution in [0.3, 0.4) is 0 Å². The summed E-state index contributed by atoms with van der Waals surface area (Å²) < 4.78 is 0. The molecule has 0 amide bonds. The summed E-state index contributed by atoms with van der Waals surface area (Å²) in [5, 5.41) is 20.0. The molecule has 3 aliphatic rings. The number of fused-ring (bicyclic) bond motifs is 4. The minimum atomic E-state index is -0.122. The maximum atomic E-state index is 10.3. The van der Waals surface area contributed by atoms with Crippen molar-refractivity contribution in [1.82, 2.24) is 0 Å². The van der Waals surface area contributed by atoms with Crippen molar-refractivity contribution >= 4 is 5.57 Å². The van der Waals surface area contributed by atoms with Crippen LogP contribution in [0.5, 0.6) is 5.75 Å². The zero-order valence-corrected chi connectivity index (χ0v) is 12.0. The van der Waals surface area contributed by atoms with Crippen LogP contribution in [0.1, 0.15) is 50.2 Å². The third-order valence-electron chi connectivity index (χ3n) is 6.09. The van der Waals surface area contributed by atoms with E-state index in [4.69, 9.17) is 0 Å². The molecule has 3 aliphatic carbocycles. The van der Waals surface area contributed by atoms with Gasteiger partial charge in [0.2, 0.25) is 0 Å². The molecule has 0 spiro atoms. The van der Waals surface area contributed by atoms with Crippen LogP contribution in [-0.2, 0) is 6.42 Å². The van der Waals surface area contributed by atoms with E-state index in [9.17, 15) is 10.2 Å². The first-order chi connectivity index (χ1) is 9.59. The smallest absolute Gasteiger partial charge is 0.115 e. The van der Waals surface area contributed by atoms with Gasteiger partial charge >= 0.3 is 0 Å². The average Bonchev–Trinajstić information content (AvgIpc) is 2.74. The molecule has 1 fully saturated rings. The predicted octanol–water partition coefficient (Wildman–Crippen LogP) is 3.66. The average molecular weight is 270 g/mol. The van der Waals surface area contributed by atoms with Gasteiger partial charge in [0.25, 0.3) is 0 Å². The van der Waals surface area contributed by atoms with E-state index in [1.807, 2.05) is 12.1 Å². The summed E-state index contributed by atoms with van der Waals surface area (Å²) in [7, 11) is 0. The summed E-state index contributed by atoms with van der Waals surface area (Å²) in [6.07, 6.45) is 6.30. The van der Waals surface area contributed by atoms with Gasteiger partial charge in [-0.05, 0) is 73.3 Å². The molecule has 1 saturated carbocycles. The third-order valence-corrected chi connectivity index (χ3v) is 6.09. The second kappa shape index (κ2) is 4.11. The van der Waals surface area contributed by atoms with Crippen molar-refractivity contribution in [2.75, 3.05) is 0 Å². The number of hydrogen-bond acceptors (Lipinski definition) is 2. The number of phenolic OH excluding ortho intramolecular Hbond substituents is 1. The molecule has 2 N–H and O–H groups in total. The van der Waals surface area contributed by atoms with Crippen molar-refractivity contribution in [3.05, 3.63) is 34.9 Å². The highest BCUT2D eigenvalue weighted by Gasteiger charge is 2.50. The predicted molar refractivity (Wildman–Crippen MR) is 79.4 cm³/mol. The number of rotatable bonds is 0. The van der Waals surface area contributed by atoms with Crippen LogP contribution < -0.4 is 0 Å². The minimum Gasteiger partial charge on any atom is -0.508 e. The number of aliphatic hydroxyl groups excluding tert-OH is 1. The van der Waals surface area contributed by atoms with E-state index >= 15 is 0 Å². The second-order valence-corrected chi connectivity index (χ2v) is 7.00. The molecule has 106 valence electrons. The van der Waals surface area contributed by atoms with E-state index in [1.54, 1.807) is 5.57 Å². The number of aromatic hydroxyl groups is 1. The molecule has 20 heavy (non-hydrogen) atoms. The number of aliphatic hydroxyl groups is 1. The van der Waals surface area contributed by atoms with Crippen molar-refractivity contribution < 1.29 is 10.2 Å². The van der Waals surface area contributed by atoms with Gasteiger partial charge in [0.1, 0.15) is 5.75 Å². The standard InChI is InChI=1S/C18H22O2/c1-18-9-8-14-13-5-3-12(19)10-11(13)2-4-15(14)16(18)6-7-17(18)20/h3,5,10,16-17,19-20H,2,4,6-9H2,1H3/t16?,17-,18-/m0/s1. The van der Waals surface area contributed by atoms with Crippen LogP contribution in [-0.4, -0.2) is 16.3 Å². The van der Waals surface area contributed by atoms with E-state index < -0.39 is 0 Å². The summed E-state index contributed by atoms with van der Waals surface area (Å²) in [4.78, 5) is 0. The molecule has 1 aromatic carbocycles. The highest BCUT2D eigenvalue weighted by Crippen LogP contribution is 2.58. The van der Waals surface area contributed by atoms with Gasteiger partial charge in [-0.3, -0.25) is 0 Å². The van der Waals surface area contributed by atoms with Crippen molar-refractivity contribution in [3.8, 4) is 5.75 Å². The number of phenols is 1. The molecule has 0 aromatic heterocycles. The van der Waals surface area contributed by atoms with Gasteiger partial charge in [0, 0.05) is 5.41 Å². The van der Waals surface area contributed by atoms with Crippen LogP contribution in [0.4, 0.5) is 0 Å². The number of hydrogen-bond donors (Lipinski definition) is 2. The molecule has 4 rings (SSSR count). The highest BCUT2D eigenvalue weighted by molar-refractivity contribution is 5.75. The largest absolute Gasteiger partial charge is 0.508 e. The van der Waals surface area contributed by atoms with Crippen molar-refractivity contribution in [2.24, 2.45) is 11.3 Å². The van der Waals surface area contributed by atoms with Crippen LogP contribution in [0, 0.1) is 11.3 Å². The maximum absolute atomic E-state index is 10.3. The number of benzene rings is 1. The zero-order valence-electron chi connectivity index (χ0n) is 12.0. The van der Waals surface area contributed by atoms with Crippen molar-refractivity contribution in [2.45, 2.75) is 51.6 Å². The molecular weight excluding hydrogens is 248 g/mol. The summed E-state index contributed by atoms with van der Waals surface area (Å²) in [6.45, 7) is 2.28. The second-order valence-electron chi connectivity index (χ2n) is 7.00. The molecule has 3 atom stereocenters. The van der Waals surface area contributed by atoms with Gasteiger partial charge in [0.05, 0.1) is 6.10 Å². The fourth-order valence-corrected chi connectivity index (χ4v) is 4.88. The SMILES string of the molecule is C[C@]12CCC3=C(CCc4cc(O)ccc43)C1CC[C@@H]2O. The van der Waals surface area contributed by atoms with E-state index in [-0.39, 0.29) is 11.5 Å². The van der Waals surface area contributed by atoms with Gasteiger partial charge in [-0.25, -0.2) is 0 Å². The van der Waals surface area contributed by atoms with E-state index in [0.29, 0.717) is 11.7 Å². The molecular formula is C18H22O2. The fourth-order valence-electron chi connectivity index (χ4n) is 4.88. The van der Waals surface area contributed by atoms with Crippen molar-refractivity contribution in [1.29, 1.82) is 0 Å². The normalized spacial score (nSPS) is 35.5. The maximum Gasteiger partial charge on any atom is 0.115 e. The Morgan fingerprint density at radius 1 is 1.15 bits per heavy atom. The number of allylic oxidation sites excluding steroid dienone is 2. The Hall–Kier alpha value is -1.28. The summed E-state index contributed by atoms with van der Waals surface area (Å²) in [5.41, 5.74) is 5.88. The first-order valence-electron chi connectivity index (χ1n) is 7.82. The lowest BCUT2D eigenvalue weighted by Crippen LogP contribution is -2.37. The van der Waals surface area contributed by atoms with E-state index in [1.165, 1.54) is 16.7 Å². The molecule has 2 heteroatoms. The fraction of sp³-hybridized carbons (Fsp3) is 0.556. The molecule has 0 aliphatic heterocycles. The summed E-state index contributed by atoms with van der Waals surface area (Å²) >= 11 is 0. The Kier molecular flexibility index (Phi) is 2.56. The molecule has 2 nitrogen and oxygen atoms in total.